The van der Waals surface area contributed by atoms with E-state index in [1.54, 1.807) is 12.1 Å². The molecule has 1 amide bonds. The largest absolute Gasteiger partial charge is 0.481 e. The number of amides is 1. The SMILES string of the molecule is COc1ncccc1NC(=O)C(C)C(=O)O. The second kappa shape index (κ2) is 5.11. The minimum Gasteiger partial charge on any atom is -0.481 e. The zero-order chi connectivity index (χ0) is 12.1. The Balaban J connectivity index is 2.80. The zero-order valence-electron chi connectivity index (χ0n) is 8.93. The molecule has 1 rings (SSSR count). The van der Waals surface area contributed by atoms with E-state index in [1.807, 2.05) is 0 Å². The molecule has 0 radical (unpaired) electrons. The lowest BCUT2D eigenvalue weighted by Gasteiger charge is -2.10. The summed E-state index contributed by atoms with van der Waals surface area (Å²) in [4.78, 5) is 25.9. The highest BCUT2D eigenvalue weighted by atomic mass is 16.5. The number of carbonyl (C=O) groups is 2. The third kappa shape index (κ3) is 2.69. The Kier molecular flexibility index (Phi) is 3.82. The summed E-state index contributed by atoms with van der Waals surface area (Å²) < 4.78 is 4.91. The summed E-state index contributed by atoms with van der Waals surface area (Å²) in [5.74, 6) is -2.67. The van der Waals surface area contributed by atoms with Crippen LogP contribution in [0.2, 0.25) is 0 Å². The van der Waals surface area contributed by atoms with E-state index < -0.39 is 17.8 Å². The maximum atomic E-state index is 11.4. The van der Waals surface area contributed by atoms with Crippen LogP contribution in [0.3, 0.4) is 0 Å². The standard InChI is InChI=1S/C10H12N2O4/c1-6(10(14)15)8(13)12-7-4-3-5-11-9(7)16-2/h3-6H,1-2H3,(H,12,13)(H,14,15). The number of methoxy groups -OCH3 is 1. The number of aromatic nitrogens is 1. The van der Waals surface area contributed by atoms with E-state index in [2.05, 4.69) is 10.3 Å². The Bertz CT molecular complexity index is 406. The van der Waals surface area contributed by atoms with Gasteiger partial charge in [-0.05, 0) is 19.1 Å². The molecule has 0 saturated carbocycles. The minimum absolute atomic E-state index is 0.244. The number of anilines is 1. The molecule has 16 heavy (non-hydrogen) atoms. The first-order valence-corrected chi connectivity index (χ1v) is 4.59. The molecular formula is C10H12N2O4. The Morgan fingerprint density at radius 2 is 2.25 bits per heavy atom. The number of hydrogen-bond acceptors (Lipinski definition) is 4. The number of aliphatic carboxylic acids is 1. The summed E-state index contributed by atoms with van der Waals surface area (Å²) in [5, 5.41) is 11.1. The van der Waals surface area contributed by atoms with Crippen molar-refractivity contribution in [3.8, 4) is 5.88 Å². The van der Waals surface area contributed by atoms with Crippen LogP contribution in [0.5, 0.6) is 5.88 Å². The number of pyridine rings is 1. The maximum absolute atomic E-state index is 11.4. The van der Waals surface area contributed by atoms with Crippen LogP contribution in [-0.4, -0.2) is 29.1 Å². The quantitative estimate of drug-likeness (QED) is 0.737. The molecule has 1 heterocycles. The average Bonchev–Trinajstić information content (AvgIpc) is 2.28. The molecule has 1 atom stereocenters. The molecule has 0 bridgehead atoms. The van der Waals surface area contributed by atoms with Crippen LogP contribution in [0.1, 0.15) is 6.92 Å². The third-order valence-electron chi connectivity index (χ3n) is 1.99. The van der Waals surface area contributed by atoms with Crippen LogP contribution in [0.25, 0.3) is 0 Å². The first-order valence-electron chi connectivity index (χ1n) is 4.59. The summed E-state index contributed by atoms with van der Waals surface area (Å²) in [6, 6.07) is 3.20. The number of carbonyl (C=O) groups excluding carboxylic acids is 1. The van der Waals surface area contributed by atoms with Gasteiger partial charge >= 0.3 is 5.97 Å². The highest BCUT2D eigenvalue weighted by Crippen LogP contribution is 2.20. The monoisotopic (exact) mass is 224 g/mol. The summed E-state index contributed by atoms with van der Waals surface area (Å²) >= 11 is 0. The predicted octanol–water partition coefficient (Wildman–Crippen LogP) is 0.749. The lowest BCUT2D eigenvalue weighted by atomic mass is 10.1. The normalized spacial score (nSPS) is 11.6. The lowest BCUT2D eigenvalue weighted by molar-refractivity contribution is -0.144. The van der Waals surface area contributed by atoms with E-state index in [-0.39, 0.29) is 5.88 Å². The van der Waals surface area contributed by atoms with Crippen LogP contribution < -0.4 is 10.1 Å². The van der Waals surface area contributed by atoms with Gasteiger partial charge in [-0.15, -0.1) is 0 Å². The van der Waals surface area contributed by atoms with E-state index in [0.717, 1.165) is 0 Å². The number of carboxylic acid groups (broad SMARTS) is 1. The predicted molar refractivity (Wildman–Crippen MR) is 56.2 cm³/mol. The van der Waals surface area contributed by atoms with Gasteiger partial charge in [0.1, 0.15) is 11.6 Å². The lowest BCUT2D eigenvalue weighted by Crippen LogP contribution is -2.27. The van der Waals surface area contributed by atoms with Gasteiger partial charge in [0.25, 0.3) is 0 Å². The van der Waals surface area contributed by atoms with Gasteiger partial charge in [0.2, 0.25) is 11.8 Å². The molecule has 1 aromatic rings. The van der Waals surface area contributed by atoms with Gasteiger partial charge in [0, 0.05) is 6.20 Å². The van der Waals surface area contributed by atoms with Gasteiger partial charge in [-0.2, -0.15) is 0 Å². The van der Waals surface area contributed by atoms with Crippen molar-refractivity contribution in [2.75, 3.05) is 12.4 Å². The van der Waals surface area contributed by atoms with Crippen molar-refractivity contribution in [2.45, 2.75) is 6.92 Å². The molecule has 0 aliphatic carbocycles. The van der Waals surface area contributed by atoms with E-state index >= 15 is 0 Å². The highest BCUT2D eigenvalue weighted by molar-refractivity contribution is 6.04. The minimum atomic E-state index is -1.18. The molecule has 0 saturated heterocycles. The fourth-order valence-corrected chi connectivity index (χ4v) is 1.00. The third-order valence-corrected chi connectivity index (χ3v) is 1.99. The molecule has 0 aromatic carbocycles. The van der Waals surface area contributed by atoms with Crippen LogP contribution in [-0.2, 0) is 9.59 Å². The number of hydrogen-bond donors (Lipinski definition) is 2. The zero-order valence-corrected chi connectivity index (χ0v) is 8.93. The van der Waals surface area contributed by atoms with E-state index in [9.17, 15) is 9.59 Å². The van der Waals surface area contributed by atoms with E-state index in [0.29, 0.717) is 5.69 Å². The number of nitrogens with zero attached hydrogens (tertiary/aromatic N) is 1. The van der Waals surface area contributed by atoms with E-state index in [4.69, 9.17) is 9.84 Å². The van der Waals surface area contributed by atoms with Crippen molar-refractivity contribution in [2.24, 2.45) is 5.92 Å². The first-order chi connectivity index (χ1) is 7.56. The molecule has 1 unspecified atom stereocenters. The average molecular weight is 224 g/mol. The Labute approximate surface area is 92.3 Å². The molecule has 0 fully saturated rings. The number of nitrogens with one attached hydrogen (secondary N) is 1. The van der Waals surface area contributed by atoms with Crippen molar-refractivity contribution in [1.29, 1.82) is 0 Å². The summed E-state index contributed by atoms with van der Waals surface area (Å²) in [6.07, 6.45) is 1.51. The number of rotatable bonds is 4. The molecule has 0 aliphatic rings. The fourth-order valence-electron chi connectivity index (χ4n) is 1.00. The van der Waals surface area contributed by atoms with Crippen LogP contribution in [0.4, 0.5) is 5.69 Å². The molecule has 86 valence electrons. The summed E-state index contributed by atoms with van der Waals surface area (Å²) in [5.41, 5.74) is 0.350. The van der Waals surface area contributed by atoms with Gasteiger partial charge in [0.05, 0.1) is 7.11 Å². The van der Waals surface area contributed by atoms with Crippen molar-refractivity contribution in [3.05, 3.63) is 18.3 Å². The highest BCUT2D eigenvalue weighted by Gasteiger charge is 2.21. The van der Waals surface area contributed by atoms with Crippen LogP contribution >= 0.6 is 0 Å². The van der Waals surface area contributed by atoms with Gasteiger partial charge in [-0.1, -0.05) is 0 Å². The topological polar surface area (TPSA) is 88.5 Å². The Morgan fingerprint density at radius 3 is 2.81 bits per heavy atom. The van der Waals surface area contributed by atoms with Crippen molar-refractivity contribution in [3.63, 3.8) is 0 Å². The molecule has 0 aliphatic heterocycles. The first kappa shape index (κ1) is 12.0. The van der Waals surface area contributed by atoms with E-state index in [1.165, 1.54) is 20.2 Å². The van der Waals surface area contributed by atoms with Crippen molar-refractivity contribution >= 4 is 17.6 Å². The fraction of sp³-hybridized carbons (Fsp3) is 0.300. The number of carboxylic acids is 1. The molecular weight excluding hydrogens is 212 g/mol. The maximum Gasteiger partial charge on any atom is 0.315 e. The molecule has 6 nitrogen and oxygen atoms in total. The van der Waals surface area contributed by atoms with Crippen LogP contribution in [0.15, 0.2) is 18.3 Å². The van der Waals surface area contributed by atoms with Crippen molar-refractivity contribution < 1.29 is 19.4 Å². The van der Waals surface area contributed by atoms with Gasteiger partial charge < -0.3 is 15.2 Å². The van der Waals surface area contributed by atoms with Gasteiger partial charge in [0.15, 0.2) is 0 Å². The second-order valence-electron chi connectivity index (χ2n) is 3.11. The second-order valence-corrected chi connectivity index (χ2v) is 3.11. The van der Waals surface area contributed by atoms with Crippen LogP contribution in [0, 0.1) is 5.92 Å². The summed E-state index contributed by atoms with van der Waals surface area (Å²) in [6.45, 7) is 1.31. The number of ether oxygens (including phenoxy) is 1. The molecule has 1 aromatic heterocycles. The smallest absolute Gasteiger partial charge is 0.315 e. The Hall–Kier alpha value is -2.11. The van der Waals surface area contributed by atoms with Gasteiger partial charge in [-0.25, -0.2) is 4.98 Å². The Morgan fingerprint density at radius 1 is 1.56 bits per heavy atom. The van der Waals surface area contributed by atoms with Crippen molar-refractivity contribution in [1.82, 2.24) is 4.98 Å². The molecule has 0 spiro atoms. The summed E-state index contributed by atoms with van der Waals surface area (Å²) in [7, 11) is 1.42. The van der Waals surface area contributed by atoms with Gasteiger partial charge in [-0.3, -0.25) is 9.59 Å². The molecule has 2 N–H and O–H groups in total. The molecule has 6 heteroatoms.